The van der Waals surface area contributed by atoms with Crippen molar-refractivity contribution in [3.63, 3.8) is 0 Å². The highest BCUT2D eigenvalue weighted by molar-refractivity contribution is 6.16. The van der Waals surface area contributed by atoms with Gasteiger partial charge in [-0.15, -0.1) is 0 Å². The Labute approximate surface area is 147 Å². The summed E-state index contributed by atoms with van der Waals surface area (Å²) in [4.78, 5) is 26.8. The molecule has 1 aliphatic heterocycles. The van der Waals surface area contributed by atoms with Crippen molar-refractivity contribution >= 4 is 18.0 Å². The number of carbonyl (C=O) groups excluding carboxylic acids is 2. The van der Waals surface area contributed by atoms with Gasteiger partial charge in [0.05, 0.1) is 24.5 Å². The summed E-state index contributed by atoms with van der Waals surface area (Å²) in [6, 6.07) is 3.49. The fraction of sp³-hybridized carbons (Fsp3) is 0.400. The first kappa shape index (κ1) is 17.3. The molecule has 0 aromatic carbocycles. The van der Waals surface area contributed by atoms with Crippen molar-refractivity contribution in [2.45, 2.75) is 39.0 Å². The van der Waals surface area contributed by atoms with Gasteiger partial charge in [0.15, 0.2) is 0 Å². The maximum atomic E-state index is 12.9. The second-order valence-electron chi connectivity index (χ2n) is 6.34. The molecular weight excluding hydrogens is 318 g/mol. The van der Waals surface area contributed by atoms with Crippen molar-refractivity contribution in [1.29, 1.82) is 0 Å². The number of hydrogen-bond acceptors (Lipinski definition) is 4. The predicted octanol–water partition coefficient (Wildman–Crippen LogP) is 3.84. The first-order chi connectivity index (χ1) is 12.1. The highest BCUT2D eigenvalue weighted by atomic mass is 16.5. The number of furan rings is 1. The van der Waals surface area contributed by atoms with E-state index in [1.165, 1.54) is 31.8 Å². The third-order valence-electron chi connectivity index (χ3n) is 4.77. The van der Waals surface area contributed by atoms with Crippen LogP contribution >= 0.6 is 0 Å². The second kappa shape index (κ2) is 7.55. The van der Waals surface area contributed by atoms with Crippen molar-refractivity contribution in [3.05, 3.63) is 52.6 Å². The summed E-state index contributed by atoms with van der Waals surface area (Å²) in [7, 11) is 1.33. The average Bonchev–Trinajstić information content (AvgIpc) is 3.22. The Morgan fingerprint density at radius 3 is 2.88 bits per heavy atom. The van der Waals surface area contributed by atoms with Crippen molar-refractivity contribution in [1.82, 2.24) is 4.90 Å². The van der Waals surface area contributed by atoms with E-state index in [0.29, 0.717) is 29.1 Å². The Morgan fingerprint density at radius 1 is 1.40 bits per heavy atom. The van der Waals surface area contributed by atoms with Crippen LogP contribution in [0.4, 0.5) is 0 Å². The minimum absolute atomic E-state index is 0.175. The van der Waals surface area contributed by atoms with Gasteiger partial charge in [-0.05, 0) is 57.2 Å². The van der Waals surface area contributed by atoms with Crippen molar-refractivity contribution in [2.24, 2.45) is 0 Å². The first-order valence-electron chi connectivity index (χ1n) is 8.66. The fourth-order valence-electron chi connectivity index (χ4n) is 3.40. The zero-order valence-corrected chi connectivity index (χ0v) is 14.7. The molecule has 0 unspecified atom stereocenters. The van der Waals surface area contributed by atoms with Crippen molar-refractivity contribution in [2.75, 3.05) is 13.7 Å². The van der Waals surface area contributed by atoms with Crippen LogP contribution in [0.2, 0.25) is 0 Å². The monoisotopic (exact) mass is 341 g/mol. The Kier molecular flexibility index (Phi) is 5.22. The number of hydrogen-bond donors (Lipinski definition) is 0. The third-order valence-corrected chi connectivity index (χ3v) is 4.77. The zero-order valence-electron chi connectivity index (χ0n) is 14.7. The van der Waals surface area contributed by atoms with Crippen LogP contribution in [-0.4, -0.2) is 30.4 Å². The second-order valence-corrected chi connectivity index (χ2v) is 6.34. The summed E-state index contributed by atoms with van der Waals surface area (Å²) in [5, 5.41) is 0. The number of nitrogens with zero attached hydrogens (tertiary/aromatic N) is 1. The highest BCUT2D eigenvalue weighted by Gasteiger charge is 2.37. The van der Waals surface area contributed by atoms with Crippen LogP contribution in [0.3, 0.4) is 0 Å². The Morgan fingerprint density at radius 2 is 2.24 bits per heavy atom. The largest absolute Gasteiger partial charge is 0.465 e. The summed E-state index contributed by atoms with van der Waals surface area (Å²) in [6.07, 6.45) is 10.9. The SMILES string of the molecule is COC(=O)C1=C(C)N(CCC2=CCCCC2)C(=O)C1=Cc1ccco1. The summed E-state index contributed by atoms with van der Waals surface area (Å²) >= 11 is 0. The Balaban J connectivity index is 1.86. The van der Waals surface area contributed by atoms with Crippen molar-refractivity contribution < 1.29 is 18.7 Å². The molecular formula is C20H23NO4. The van der Waals surface area contributed by atoms with E-state index < -0.39 is 5.97 Å². The molecule has 1 aromatic rings. The molecule has 0 spiro atoms. The number of amides is 1. The Hall–Kier alpha value is -2.56. The first-order valence-corrected chi connectivity index (χ1v) is 8.66. The van der Waals surface area contributed by atoms with Crippen LogP contribution in [0.15, 0.2) is 51.3 Å². The number of ether oxygens (including phenoxy) is 1. The lowest BCUT2D eigenvalue weighted by atomic mass is 9.97. The van der Waals surface area contributed by atoms with Crippen LogP contribution < -0.4 is 0 Å². The number of allylic oxidation sites excluding steroid dienone is 2. The molecule has 0 N–H and O–H groups in total. The smallest absolute Gasteiger partial charge is 0.340 e. The number of methoxy groups -OCH3 is 1. The molecule has 25 heavy (non-hydrogen) atoms. The van der Waals surface area contributed by atoms with Gasteiger partial charge in [0, 0.05) is 12.2 Å². The van der Waals surface area contributed by atoms with Gasteiger partial charge in [0.25, 0.3) is 5.91 Å². The molecule has 0 bridgehead atoms. The van der Waals surface area contributed by atoms with Crippen LogP contribution in [-0.2, 0) is 14.3 Å². The minimum atomic E-state index is -0.497. The molecule has 0 fully saturated rings. The van der Waals surface area contributed by atoms with Gasteiger partial charge in [0.2, 0.25) is 0 Å². The highest BCUT2D eigenvalue weighted by Crippen LogP contribution is 2.32. The zero-order chi connectivity index (χ0) is 17.8. The molecule has 132 valence electrons. The summed E-state index contributed by atoms with van der Waals surface area (Å²) < 4.78 is 10.2. The van der Waals surface area contributed by atoms with E-state index in [2.05, 4.69) is 6.08 Å². The van der Waals surface area contributed by atoms with E-state index in [1.54, 1.807) is 30.0 Å². The molecule has 1 aromatic heterocycles. The molecule has 0 radical (unpaired) electrons. The minimum Gasteiger partial charge on any atom is -0.465 e. The van der Waals surface area contributed by atoms with Gasteiger partial charge in [-0.2, -0.15) is 0 Å². The average molecular weight is 341 g/mol. The maximum absolute atomic E-state index is 12.9. The molecule has 1 aliphatic carbocycles. The summed E-state index contributed by atoms with van der Waals surface area (Å²) in [5.41, 5.74) is 2.69. The molecule has 3 rings (SSSR count). The molecule has 5 heteroatoms. The quantitative estimate of drug-likeness (QED) is 0.464. The third kappa shape index (κ3) is 3.60. The van der Waals surface area contributed by atoms with E-state index in [0.717, 1.165) is 19.3 Å². The number of esters is 1. The van der Waals surface area contributed by atoms with E-state index in [1.807, 2.05) is 0 Å². The van der Waals surface area contributed by atoms with E-state index >= 15 is 0 Å². The number of rotatable bonds is 5. The standard InChI is InChI=1S/C20H23NO4/c1-14-18(20(23)24-2)17(13-16-9-6-12-25-16)19(22)21(14)11-10-15-7-4-3-5-8-15/h6-7,9,12-13H,3-5,8,10-11H2,1-2H3. The lowest BCUT2D eigenvalue weighted by Crippen LogP contribution is -2.26. The molecule has 0 atom stereocenters. The van der Waals surface area contributed by atoms with Gasteiger partial charge in [-0.1, -0.05) is 11.6 Å². The van der Waals surface area contributed by atoms with Gasteiger partial charge < -0.3 is 14.1 Å². The van der Waals surface area contributed by atoms with Crippen molar-refractivity contribution in [3.8, 4) is 0 Å². The van der Waals surface area contributed by atoms with E-state index in [-0.39, 0.29) is 5.91 Å². The van der Waals surface area contributed by atoms with Gasteiger partial charge >= 0.3 is 5.97 Å². The molecule has 2 aliphatic rings. The lowest BCUT2D eigenvalue weighted by Gasteiger charge is -2.20. The normalized spacial score (nSPS) is 19.6. The summed E-state index contributed by atoms with van der Waals surface area (Å²) in [5.74, 6) is -0.136. The predicted molar refractivity (Wildman–Crippen MR) is 94.3 cm³/mol. The molecule has 1 amide bonds. The van der Waals surface area contributed by atoms with Crippen LogP contribution in [0, 0.1) is 0 Å². The lowest BCUT2D eigenvalue weighted by molar-refractivity contribution is -0.136. The van der Waals surface area contributed by atoms with Crippen LogP contribution in [0.1, 0.15) is 44.8 Å². The molecule has 5 nitrogen and oxygen atoms in total. The van der Waals surface area contributed by atoms with E-state index in [4.69, 9.17) is 9.15 Å². The van der Waals surface area contributed by atoms with Gasteiger partial charge in [-0.3, -0.25) is 4.79 Å². The van der Waals surface area contributed by atoms with Crippen LogP contribution in [0.25, 0.3) is 6.08 Å². The topological polar surface area (TPSA) is 59.8 Å². The van der Waals surface area contributed by atoms with Crippen LogP contribution in [0.5, 0.6) is 0 Å². The maximum Gasteiger partial charge on any atom is 0.340 e. The fourth-order valence-corrected chi connectivity index (χ4v) is 3.40. The summed E-state index contributed by atoms with van der Waals surface area (Å²) in [6.45, 7) is 2.37. The molecule has 0 saturated heterocycles. The number of carbonyl (C=O) groups is 2. The van der Waals surface area contributed by atoms with E-state index in [9.17, 15) is 9.59 Å². The molecule has 0 saturated carbocycles. The van der Waals surface area contributed by atoms with Gasteiger partial charge in [-0.25, -0.2) is 4.79 Å². The van der Waals surface area contributed by atoms with Gasteiger partial charge in [0.1, 0.15) is 5.76 Å². The Bertz CT molecular complexity index is 753. The molecule has 2 heterocycles.